The smallest absolute Gasteiger partial charge is 0.167 e. The maximum atomic E-state index is 10.4. The molecule has 9 heavy (non-hydrogen) atoms. The third-order valence-electron chi connectivity index (χ3n) is 0.517. The van der Waals surface area contributed by atoms with Crippen molar-refractivity contribution in [3.8, 4) is 0 Å². The van der Waals surface area contributed by atoms with Crippen LogP contribution in [0.1, 0.15) is 6.92 Å². The zero-order chi connectivity index (χ0) is 7.49. The first-order valence-corrected chi connectivity index (χ1v) is 4.70. The molecule has 0 aliphatic heterocycles. The van der Waals surface area contributed by atoms with Crippen molar-refractivity contribution in [1.29, 1.82) is 0 Å². The number of hydrogen-bond donors (Lipinski definition) is 0. The van der Waals surface area contributed by atoms with Crippen molar-refractivity contribution in [3.63, 3.8) is 0 Å². The van der Waals surface area contributed by atoms with Gasteiger partial charge in [-0.25, -0.2) is 8.42 Å². The Morgan fingerprint density at radius 2 is 2.11 bits per heavy atom. The van der Waals surface area contributed by atoms with E-state index in [-0.39, 0.29) is 11.0 Å². The van der Waals surface area contributed by atoms with Crippen molar-refractivity contribution < 1.29 is 8.42 Å². The van der Waals surface area contributed by atoms with E-state index in [2.05, 4.69) is 4.99 Å². The van der Waals surface area contributed by atoms with Gasteiger partial charge in [-0.1, -0.05) is 11.6 Å². The zero-order valence-electron chi connectivity index (χ0n) is 5.26. The van der Waals surface area contributed by atoms with Crippen molar-refractivity contribution in [2.75, 3.05) is 12.1 Å². The van der Waals surface area contributed by atoms with E-state index in [0.717, 1.165) is 6.26 Å². The summed E-state index contributed by atoms with van der Waals surface area (Å²) in [6, 6.07) is 0. The van der Waals surface area contributed by atoms with Crippen molar-refractivity contribution in [1.82, 2.24) is 0 Å². The van der Waals surface area contributed by atoms with E-state index >= 15 is 0 Å². The van der Waals surface area contributed by atoms with Crippen LogP contribution in [0.25, 0.3) is 0 Å². The number of aliphatic imine (C=N–C) groups is 1. The molecule has 0 rings (SSSR count). The average Bonchev–Trinajstić information content (AvgIpc) is 1.59. The van der Waals surface area contributed by atoms with E-state index in [0.29, 0.717) is 0 Å². The van der Waals surface area contributed by atoms with E-state index in [9.17, 15) is 8.42 Å². The van der Waals surface area contributed by atoms with Crippen LogP contribution in [0.4, 0.5) is 0 Å². The summed E-state index contributed by atoms with van der Waals surface area (Å²) in [5, 5.41) is 0.264. The van der Waals surface area contributed by atoms with Crippen LogP contribution in [-0.4, -0.2) is 25.7 Å². The standard InChI is InChI=1S/C4H8ClNO2S/c1-4(5)6-3-9(2,7)8/h3H2,1-2H3/b6-4+. The summed E-state index contributed by atoms with van der Waals surface area (Å²) in [5.41, 5.74) is 0. The molecular weight excluding hydrogens is 162 g/mol. The SMILES string of the molecule is C/C(Cl)=N\CS(C)(=O)=O. The normalized spacial score (nSPS) is 13.9. The van der Waals surface area contributed by atoms with Gasteiger partial charge >= 0.3 is 0 Å². The van der Waals surface area contributed by atoms with Gasteiger partial charge in [-0.05, 0) is 6.92 Å². The predicted octanol–water partition coefficient (Wildman–Crippen LogP) is 0.646. The van der Waals surface area contributed by atoms with Gasteiger partial charge in [0.15, 0.2) is 9.84 Å². The van der Waals surface area contributed by atoms with Gasteiger partial charge < -0.3 is 0 Å². The van der Waals surface area contributed by atoms with Crippen molar-refractivity contribution in [2.45, 2.75) is 6.92 Å². The fourth-order valence-electron chi connectivity index (χ4n) is 0.206. The van der Waals surface area contributed by atoms with Crippen LogP contribution in [0.5, 0.6) is 0 Å². The van der Waals surface area contributed by atoms with E-state index in [1.54, 1.807) is 0 Å². The first kappa shape index (κ1) is 8.91. The van der Waals surface area contributed by atoms with Gasteiger partial charge in [-0.2, -0.15) is 0 Å². The number of halogens is 1. The lowest BCUT2D eigenvalue weighted by Gasteiger charge is -1.88. The molecular formula is C4H8ClNO2S. The fourth-order valence-corrected chi connectivity index (χ4v) is 0.765. The molecule has 0 N–H and O–H groups in total. The molecule has 0 spiro atoms. The van der Waals surface area contributed by atoms with E-state index in [1.165, 1.54) is 6.92 Å². The average molecular weight is 170 g/mol. The van der Waals surface area contributed by atoms with Gasteiger partial charge in [-0.15, -0.1) is 0 Å². The van der Waals surface area contributed by atoms with Gasteiger partial charge in [0.1, 0.15) is 5.88 Å². The second-order valence-electron chi connectivity index (χ2n) is 1.71. The van der Waals surface area contributed by atoms with E-state index in [1.807, 2.05) is 0 Å². The quantitative estimate of drug-likeness (QED) is 0.570. The van der Waals surface area contributed by atoms with Crippen LogP contribution >= 0.6 is 11.6 Å². The summed E-state index contributed by atoms with van der Waals surface area (Å²) >= 11 is 5.27. The summed E-state index contributed by atoms with van der Waals surface area (Å²) in [6.45, 7) is 1.53. The molecule has 0 aliphatic rings. The summed E-state index contributed by atoms with van der Waals surface area (Å²) in [6.07, 6.45) is 1.11. The van der Waals surface area contributed by atoms with Crippen LogP contribution in [-0.2, 0) is 9.84 Å². The molecule has 0 saturated heterocycles. The van der Waals surface area contributed by atoms with Crippen LogP contribution < -0.4 is 0 Å². The highest BCUT2D eigenvalue weighted by molar-refractivity contribution is 7.90. The van der Waals surface area contributed by atoms with Crippen LogP contribution in [0, 0.1) is 0 Å². The first-order chi connectivity index (χ1) is 3.92. The summed E-state index contributed by atoms with van der Waals surface area (Å²) in [4.78, 5) is 3.49. The Hall–Kier alpha value is -0.0900. The molecule has 0 unspecified atom stereocenters. The minimum absolute atomic E-state index is 0.220. The minimum Gasteiger partial charge on any atom is -0.262 e. The minimum atomic E-state index is -2.99. The van der Waals surface area contributed by atoms with Crippen LogP contribution in [0.3, 0.4) is 0 Å². The lowest BCUT2D eigenvalue weighted by atomic mass is 10.9. The molecule has 0 aromatic carbocycles. The van der Waals surface area contributed by atoms with Gasteiger partial charge in [0, 0.05) is 6.26 Å². The van der Waals surface area contributed by atoms with Crippen LogP contribution in [0.15, 0.2) is 4.99 Å². The molecule has 0 aromatic heterocycles. The molecule has 54 valence electrons. The highest BCUT2D eigenvalue weighted by atomic mass is 35.5. The monoisotopic (exact) mass is 169 g/mol. The van der Waals surface area contributed by atoms with Gasteiger partial charge in [0.25, 0.3) is 0 Å². The summed E-state index contributed by atoms with van der Waals surface area (Å²) in [5.74, 6) is -0.220. The molecule has 3 nitrogen and oxygen atoms in total. The highest BCUT2D eigenvalue weighted by Crippen LogP contribution is 1.87. The Morgan fingerprint density at radius 1 is 1.67 bits per heavy atom. The number of hydrogen-bond acceptors (Lipinski definition) is 3. The molecule has 0 aliphatic carbocycles. The number of sulfone groups is 1. The lowest BCUT2D eigenvalue weighted by Crippen LogP contribution is -2.00. The first-order valence-electron chi connectivity index (χ1n) is 2.26. The van der Waals surface area contributed by atoms with E-state index in [4.69, 9.17) is 11.6 Å². The maximum absolute atomic E-state index is 10.4. The molecule has 0 bridgehead atoms. The second kappa shape index (κ2) is 3.17. The Morgan fingerprint density at radius 3 is 2.22 bits per heavy atom. The maximum Gasteiger partial charge on any atom is 0.167 e. The molecule has 0 saturated carbocycles. The molecule has 0 atom stereocenters. The van der Waals surface area contributed by atoms with Crippen molar-refractivity contribution in [3.05, 3.63) is 0 Å². The Labute approximate surface area is 59.7 Å². The Balaban J connectivity index is 3.95. The molecule has 0 aromatic rings. The number of nitrogens with zero attached hydrogens (tertiary/aromatic N) is 1. The Bertz CT molecular complexity index is 203. The Kier molecular flexibility index (Phi) is 3.14. The largest absolute Gasteiger partial charge is 0.262 e. The van der Waals surface area contributed by atoms with Crippen molar-refractivity contribution >= 4 is 26.6 Å². The molecule has 0 amide bonds. The van der Waals surface area contributed by atoms with Crippen molar-refractivity contribution in [2.24, 2.45) is 4.99 Å². The fraction of sp³-hybridized carbons (Fsp3) is 0.750. The molecule has 0 fully saturated rings. The van der Waals surface area contributed by atoms with Crippen LogP contribution in [0.2, 0.25) is 0 Å². The third-order valence-corrected chi connectivity index (χ3v) is 1.23. The zero-order valence-corrected chi connectivity index (χ0v) is 6.83. The number of rotatable bonds is 2. The third kappa shape index (κ3) is 7.91. The topological polar surface area (TPSA) is 46.5 Å². The van der Waals surface area contributed by atoms with E-state index < -0.39 is 9.84 Å². The summed E-state index contributed by atoms with van der Waals surface area (Å²) in [7, 11) is -2.99. The lowest BCUT2D eigenvalue weighted by molar-refractivity contribution is 0.602. The highest BCUT2D eigenvalue weighted by Gasteiger charge is 1.97. The molecule has 5 heteroatoms. The van der Waals surface area contributed by atoms with Gasteiger partial charge in [0.2, 0.25) is 0 Å². The van der Waals surface area contributed by atoms with Gasteiger partial charge in [0.05, 0.1) is 5.17 Å². The summed E-state index contributed by atoms with van der Waals surface area (Å²) < 4.78 is 20.7. The molecule has 0 heterocycles. The predicted molar refractivity (Wildman–Crippen MR) is 38.7 cm³/mol. The second-order valence-corrected chi connectivity index (χ2v) is 4.37. The van der Waals surface area contributed by atoms with Gasteiger partial charge in [-0.3, -0.25) is 4.99 Å². The molecule has 0 radical (unpaired) electrons.